The maximum Gasteiger partial charge on any atom is 0.309 e. The molecule has 3 aliphatic carbocycles. The molecule has 1 heterocycles. The number of carbonyl (C=O) groups is 2. The molecule has 5 nitrogen and oxygen atoms in total. The van der Waals surface area contributed by atoms with Crippen molar-refractivity contribution in [3.8, 4) is 11.3 Å². The molecule has 6 rings (SSSR count). The smallest absolute Gasteiger partial charge is 0.309 e. The number of carbonyl (C=O) groups excluding carboxylic acids is 1. The number of carboxylic acids is 1. The van der Waals surface area contributed by atoms with E-state index in [-0.39, 0.29) is 5.91 Å². The van der Waals surface area contributed by atoms with Crippen LogP contribution in [0.2, 0.25) is 5.02 Å². The number of benzene rings is 2. The van der Waals surface area contributed by atoms with E-state index in [4.69, 9.17) is 16.6 Å². The third-order valence-corrected chi connectivity index (χ3v) is 8.33. The average Bonchev–Trinajstić information content (AvgIpc) is 3.10. The van der Waals surface area contributed by atoms with Crippen molar-refractivity contribution in [2.24, 2.45) is 5.41 Å². The fraction of sp³-hybridized carbons (Fsp3) is 0.346. The second kappa shape index (κ2) is 8.41. The van der Waals surface area contributed by atoms with Crippen molar-refractivity contribution in [2.45, 2.75) is 50.5 Å². The maximum atomic E-state index is 13.8. The average molecular weight is 528 g/mol. The number of pyridine rings is 1. The first-order valence-electron chi connectivity index (χ1n) is 11.2. The second-order valence-electron chi connectivity index (χ2n) is 9.35. The summed E-state index contributed by atoms with van der Waals surface area (Å²) in [5, 5.41) is 14.1. The van der Waals surface area contributed by atoms with Crippen LogP contribution < -0.4 is 5.32 Å². The van der Waals surface area contributed by atoms with Crippen LogP contribution in [-0.2, 0) is 4.79 Å². The van der Waals surface area contributed by atoms with Crippen LogP contribution in [0.1, 0.15) is 55.3 Å². The second-order valence-corrected chi connectivity index (χ2v) is 10.6. The minimum atomic E-state index is -0.704. The molecule has 0 unspecified atom stereocenters. The Labute approximate surface area is 205 Å². The number of halogens is 2. The van der Waals surface area contributed by atoms with Crippen LogP contribution in [-0.4, -0.2) is 27.5 Å². The molecule has 7 heteroatoms. The topological polar surface area (TPSA) is 79.3 Å². The summed E-state index contributed by atoms with van der Waals surface area (Å²) in [5.41, 5.74) is 1.48. The zero-order chi connectivity index (χ0) is 23.2. The molecule has 1 aromatic heterocycles. The molecule has 0 spiro atoms. The van der Waals surface area contributed by atoms with Crippen LogP contribution in [0.3, 0.4) is 0 Å². The standard InChI is InChI=1S/C26H24BrClN2O3/c27-17-7-8-19-18(15-17)20(21(28)22(29-19)16-5-2-1-3-6-16)23(31)30-26-10-4-9-25(11-13-26,12-14-26)24(32)33/h1-3,5-8,15H,4,9-14H2,(H,30,31)(H,32,33). The first kappa shape index (κ1) is 22.4. The van der Waals surface area contributed by atoms with Crippen molar-refractivity contribution in [3.63, 3.8) is 0 Å². The zero-order valence-corrected chi connectivity index (χ0v) is 20.4. The highest BCUT2D eigenvalue weighted by Gasteiger charge is 2.50. The number of amides is 1. The molecule has 3 fully saturated rings. The number of aliphatic carboxylic acids is 1. The lowest BCUT2D eigenvalue weighted by atomic mass is 9.69. The third kappa shape index (κ3) is 3.93. The number of nitrogens with zero attached hydrogens (tertiary/aromatic N) is 1. The van der Waals surface area contributed by atoms with Gasteiger partial charge in [-0.15, -0.1) is 0 Å². The quantitative estimate of drug-likeness (QED) is 0.400. The van der Waals surface area contributed by atoms with Crippen molar-refractivity contribution in [1.82, 2.24) is 10.3 Å². The lowest BCUT2D eigenvalue weighted by Gasteiger charge is -2.41. The molecule has 3 saturated carbocycles. The van der Waals surface area contributed by atoms with Gasteiger partial charge in [-0.25, -0.2) is 4.98 Å². The highest BCUT2D eigenvalue weighted by molar-refractivity contribution is 9.10. The number of hydrogen-bond acceptors (Lipinski definition) is 3. The SMILES string of the molecule is O=C(NC12CCCC(C(=O)O)(CC1)CC2)c1c(Cl)c(-c2ccccc2)nc2ccc(Br)cc12. The van der Waals surface area contributed by atoms with Crippen LogP contribution in [0, 0.1) is 5.41 Å². The summed E-state index contributed by atoms with van der Waals surface area (Å²) in [6.07, 6.45) is 4.76. The Morgan fingerprint density at radius 2 is 1.73 bits per heavy atom. The molecule has 0 atom stereocenters. The van der Waals surface area contributed by atoms with Gasteiger partial charge < -0.3 is 10.4 Å². The summed E-state index contributed by atoms with van der Waals surface area (Å²) >= 11 is 10.4. The summed E-state index contributed by atoms with van der Waals surface area (Å²) in [4.78, 5) is 30.5. The van der Waals surface area contributed by atoms with Crippen LogP contribution in [0.4, 0.5) is 0 Å². The van der Waals surface area contributed by atoms with E-state index in [0.717, 1.165) is 22.9 Å². The molecule has 1 amide bonds. The highest BCUT2D eigenvalue weighted by Crippen LogP contribution is 2.50. The Kier molecular flexibility index (Phi) is 5.69. The Bertz CT molecular complexity index is 1250. The summed E-state index contributed by atoms with van der Waals surface area (Å²) < 4.78 is 0.839. The molecule has 2 aromatic carbocycles. The Balaban J connectivity index is 1.57. The predicted octanol–water partition coefficient (Wildman–Crippen LogP) is 6.62. The number of carboxylic acid groups (broad SMARTS) is 1. The summed E-state index contributed by atoms with van der Waals surface area (Å²) in [6, 6.07) is 15.3. The summed E-state index contributed by atoms with van der Waals surface area (Å²) in [5.74, 6) is -0.933. The van der Waals surface area contributed by atoms with E-state index >= 15 is 0 Å². The fourth-order valence-electron chi connectivity index (χ4n) is 5.51. The third-order valence-electron chi connectivity index (χ3n) is 7.47. The monoisotopic (exact) mass is 526 g/mol. The predicted molar refractivity (Wildman–Crippen MR) is 132 cm³/mol. The number of hydrogen-bond donors (Lipinski definition) is 2. The van der Waals surface area contributed by atoms with Gasteiger partial charge in [-0.1, -0.05) is 57.9 Å². The minimum Gasteiger partial charge on any atom is -0.481 e. The molecule has 2 bridgehead atoms. The molecule has 170 valence electrons. The van der Waals surface area contributed by atoms with E-state index in [2.05, 4.69) is 21.2 Å². The Morgan fingerprint density at radius 1 is 1.00 bits per heavy atom. The van der Waals surface area contributed by atoms with E-state index in [9.17, 15) is 14.7 Å². The molecular formula is C26H24BrClN2O3. The van der Waals surface area contributed by atoms with Crippen molar-refractivity contribution in [1.29, 1.82) is 0 Å². The van der Waals surface area contributed by atoms with Gasteiger partial charge in [-0.2, -0.15) is 0 Å². The first-order valence-corrected chi connectivity index (χ1v) is 12.4. The van der Waals surface area contributed by atoms with Gasteiger partial charge in [0.2, 0.25) is 0 Å². The van der Waals surface area contributed by atoms with Crippen LogP contribution in [0.5, 0.6) is 0 Å². The van der Waals surface area contributed by atoms with E-state index < -0.39 is 16.9 Å². The van der Waals surface area contributed by atoms with Crippen molar-refractivity contribution in [2.75, 3.05) is 0 Å². The first-order chi connectivity index (χ1) is 15.8. The molecule has 0 saturated heterocycles. The van der Waals surface area contributed by atoms with E-state index in [1.54, 1.807) is 0 Å². The zero-order valence-electron chi connectivity index (χ0n) is 18.0. The molecule has 0 radical (unpaired) electrons. The fourth-order valence-corrected chi connectivity index (χ4v) is 6.21. The molecule has 3 aromatic rings. The van der Waals surface area contributed by atoms with Gasteiger partial charge in [0.25, 0.3) is 5.91 Å². The number of rotatable bonds is 4. The van der Waals surface area contributed by atoms with Gasteiger partial charge in [0.1, 0.15) is 0 Å². The van der Waals surface area contributed by atoms with E-state index in [1.165, 1.54) is 0 Å². The minimum absolute atomic E-state index is 0.229. The number of nitrogens with one attached hydrogen (secondary N) is 1. The van der Waals surface area contributed by atoms with Crippen LogP contribution >= 0.6 is 27.5 Å². The normalized spacial score (nSPS) is 24.4. The van der Waals surface area contributed by atoms with Crippen LogP contribution in [0.15, 0.2) is 53.0 Å². The van der Waals surface area contributed by atoms with Gasteiger partial charge in [-0.05, 0) is 63.1 Å². The van der Waals surface area contributed by atoms with Crippen molar-refractivity contribution in [3.05, 3.63) is 63.6 Å². The van der Waals surface area contributed by atoms with Gasteiger partial charge in [0.05, 0.1) is 27.2 Å². The van der Waals surface area contributed by atoms with Gasteiger partial charge in [0, 0.05) is 21.0 Å². The molecular weight excluding hydrogens is 504 g/mol. The highest BCUT2D eigenvalue weighted by atomic mass is 79.9. The number of aromatic nitrogens is 1. The van der Waals surface area contributed by atoms with Gasteiger partial charge in [-0.3, -0.25) is 9.59 Å². The van der Waals surface area contributed by atoms with E-state index in [1.807, 2.05) is 48.5 Å². The van der Waals surface area contributed by atoms with Gasteiger partial charge >= 0.3 is 5.97 Å². The molecule has 3 aliphatic rings. The Hall–Kier alpha value is -2.44. The lowest BCUT2D eigenvalue weighted by Crippen LogP contribution is -2.51. The summed E-state index contributed by atoms with van der Waals surface area (Å²) in [7, 11) is 0. The molecule has 2 N–H and O–H groups in total. The van der Waals surface area contributed by atoms with Crippen molar-refractivity contribution < 1.29 is 14.7 Å². The Morgan fingerprint density at radius 3 is 2.42 bits per heavy atom. The maximum absolute atomic E-state index is 13.8. The van der Waals surface area contributed by atoms with E-state index in [0.29, 0.717) is 59.3 Å². The van der Waals surface area contributed by atoms with Gasteiger partial charge in [0.15, 0.2) is 0 Å². The molecule has 33 heavy (non-hydrogen) atoms. The van der Waals surface area contributed by atoms with Crippen molar-refractivity contribution >= 4 is 50.3 Å². The summed E-state index contributed by atoms with van der Waals surface area (Å²) in [6.45, 7) is 0. The lowest BCUT2D eigenvalue weighted by molar-refractivity contribution is -0.151. The number of fused-ring (bicyclic) bond motifs is 5. The van der Waals surface area contributed by atoms with Crippen LogP contribution in [0.25, 0.3) is 22.2 Å². The molecule has 0 aliphatic heterocycles. The largest absolute Gasteiger partial charge is 0.481 e.